The smallest absolute Gasteiger partial charge is 0.292 e. The molecule has 134 valence electrons. The zero-order chi connectivity index (χ0) is 18.4. The molecular formula is C15H14ClF2N3O3S. The van der Waals surface area contributed by atoms with Gasteiger partial charge < -0.3 is 4.90 Å². The van der Waals surface area contributed by atoms with Crippen molar-refractivity contribution in [2.24, 2.45) is 0 Å². The predicted octanol–water partition coefficient (Wildman–Crippen LogP) is 1.79. The third kappa shape index (κ3) is 3.25. The lowest BCUT2D eigenvalue weighted by Gasteiger charge is -2.32. The minimum absolute atomic E-state index is 0.0554. The maximum atomic E-state index is 13.9. The quantitative estimate of drug-likeness (QED) is 0.783. The number of nitrogens with zero attached hydrogens (tertiary/aromatic N) is 3. The van der Waals surface area contributed by atoms with E-state index in [9.17, 15) is 22.0 Å². The molecule has 0 radical (unpaired) electrons. The number of rotatable bonds is 2. The van der Waals surface area contributed by atoms with Crippen LogP contribution in [0.5, 0.6) is 0 Å². The Morgan fingerprint density at radius 3 is 2.64 bits per heavy atom. The molecule has 0 saturated carbocycles. The first kappa shape index (κ1) is 17.8. The molecule has 0 aliphatic carbocycles. The molecular weight excluding hydrogens is 376 g/mol. The fourth-order valence-corrected chi connectivity index (χ4v) is 4.17. The summed E-state index contributed by atoms with van der Waals surface area (Å²) >= 11 is 6.12. The molecule has 1 saturated heterocycles. The number of benzene rings is 1. The molecule has 0 bridgehead atoms. The van der Waals surface area contributed by atoms with Crippen LogP contribution in [0.15, 0.2) is 29.2 Å². The van der Waals surface area contributed by atoms with Gasteiger partial charge in [0.15, 0.2) is 15.7 Å². The fraction of sp³-hybridized carbons (Fsp3) is 0.333. The highest BCUT2D eigenvalue weighted by molar-refractivity contribution is 7.92. The van der Waals surface area contributed by atoms with Crippen molar-refractivity contribution < 1.29 is 17.2 Å². The molecule has 0 N–H and O–H groups in total. The van der Waals surface area contributed by atoms with Gasteiger partial charge in [0.2, 0.25) is 0 Å². The first-order valence-electron chi connectivity index (χ1n) is 7.40. The first-order valence-corrected chi connectivity index (χ1v) is 9.50. The summed E-state index contributed by atoms with van der Waals surface area (Å²) in [7, 11) is -3.16. The van der Waals surface area contributed by atoms with Gasteiger partial charge >= 0.3 is 0 Å². The largest absolute Gasteiger partial charge is 0.367 e. The Balaban J connectivity index is 2.01. The summed E-state index contributed by atoms with van der Waals surface area (Å²) in [4.78, 5) is 14.1. The lowest BCUT2D eigenvalue weighted by Crippen LogP contribution is -2.46. The van der Waals surface area contributed by atoms with Crippen molar-refractivity contribution >= 4 is 27.1 Å². The molecule has 6 nitrogen and oxygen atoms in total. The van der Waals surface area contributed by atoms with E-state index in [0.717, 1.165) is 16.8 Å². The van der Waals surface area contributed by atoms with Crippen LogP contribution in [0.3, 0.4) is 0 Å². The van der Waals surface area contributed by atoms with Crippen LogP contribution < -0.4 is 10.5 Å². The minimum atomic E-state index is -3.16. The van der Waals surface area contributed by atoms with Crippen LogP contribution in [-0.4, -0.2) is 42.3 Å². The van der Waals surface area contributed by atoms with Gasteiger partial charge in [-0.05, 0) is 19.1 Å². The Morgan fingerprint density at radius 1 is 1.28 bits per heavy atom. The lowest BCUT2D eigenvalue weighted by molar-refractivity contribution is 0.566. The third-order valence-corrected chi connectivity index (χ3v) is 6.60. The molecule has 1 aromatic heterocycles. The summed E-state index contributed by atoms with van der Waals surface area (Å²) in [6.45, 7) is 1.94. The molecule has 1 aromatic carbocycles. The zero-order valence-electron chi connectivity index (χ0n) is 13.1. The Morgan fingerprint density at radius 2 is 2.00 bits per heavy atom. The lowest BCUT2D eigenvalue weighted by atomic mass is 10.3. The van der Waals surface area contributed by atoms with E-state index in [0.29, 0.717) is 6.07 Å². The van der Waals surface area contributed by atoms with Gasteiger partial charge in [0.1, 0.15) is 16.5 Å². The fourth-order valence-electron chi connectivity index (χ4n) is 2.64. The predicted molar refractivity (Wildman–Crippen MR) is 90.2 cm³/mol. The number of halogens is 3. The Labute approximate surface area is 147 Å². The van der Waals surface area contributed by atoms with Crippen molar-refractivity contribution in [1.82, 2.24) is 9.78 Å². The van der Waals surface area contributed by atoms with Crippen LogP contribution in [-0.2, 0) is 9.84 Å². The molecule has 1 aliphatic heterocycles. The minimum Gasteiger partial charge on any atom is -0.367 e. The van der Waals surface area contributed by atoms with E-state index in [1.54, 1.807) is 11.8 Å². The number of sulfone groups is 1. The summed E-state index contributed by atoms with van der Waals surface area (Å²) in [6, 6.07) is 2.73. The summed E-state index contributed by atoms with van der Waals surface area (Å²) in [5.74, 6) is -1.78. The molecule has 0 spiro atoms. The summed E-state index contributed by atoms with van der Waals surface area (Å²) in [6.07, 6.45) is 1.27. The molecule has 1 unspecified atom stereocenters. The van der Waals surface area contributed by atoms with Gasteiger partial charge in [-0.3, -0.25) is 4.79 Å². The third-order valence-electron chi connectivity index (χ3n) is 4.12. The Bertz CT molecular complexity index is 994. The molecule has 1 aliphatic rings. The van der Waals surface area contributed by atoms with Crippen LogP contribution in [0.4, 0.5) is 14.5 Å². The second kappa shape index (κ2) is 6.38. The summed E-state index contributed by atoms with van der Waals surface area (Å²) in [5.41, 5.74) is -0.715. The molecule has 1 fully saturated rings. The van der Waals surface area contributed by atoms with E-state index in [1.807, 2.05) is 0 Å². The van der Waals surface area contributed by atoms with Gasteiger partial charge in [-0.25, -0.2) is 17.2 Å². The SMILES string of the molecule is CC1CN(c2cnn(-c3ccc(F)cc3F)c(=O)c2Cl)CCS1(=O)=O. The molecule has 2 aromatic rings. The van der Waals surface area contributed by atoms with Crippen LogP contribution in [0.25, 0.3) is 5.69 Å². The van der Waals surface area contributed by atoms with Crippen molar-refractivity contribution in [1.29, 1.82) is 0 Å². The maximum absolute atomic E-state index is 13.9. The molecule has 10 heteroatoms. The van der Waals surface area contributed by atoms with E-state index in [2.05, 4.69) is 5.10 Å². The number of hydrogen-bond acceptors (Lipinski definition) is 5. The zero-order valence-corrected chi connectivity index (χ0v) is 14.7. The van der Waals surface area contributed by atoms with Crippen LogP contribution in [0.1, 0.15) is 6.92 Å². The van der Waals surface area contributed by atoms with Gasteiger partial charge in [-0.2, -0.15) is 9.78 Å². The average Bonchev–Trinajstić information content (AvgIpc) is 2.54. The molecule has 0 amide bonds. The normalized spacial score (nSPS) is 19.8. The van der Waals surface area contributed by atoms with E-state index in [1.165, 1.54) is 6.20 Å². The van der Waals surface area contributed by atoms with Crippen molar-refractivity contribution in [2.45, 2.75) is 12.2 Å². The number of anilines is 1. The van der Waals surface area contributed by atoms with Crippen LogP contribution in [0, 0.1) is 11.6 Å². The average molecular weight is 390 g/mol. The van der Waals surface area contributed by atoms with Gasteiger partial charge in [-0.1, -0.05) is 11.6 Å². The first-order chi connectivity index (χ1) is 11.7. The molecule has 25 heavy (non-hydrogen) atoms. The number of hydrogen-bond donors (Lipinski definition) is 0. The van der Waals surface area contributed by atoms with Gasteiger partial charge in [0.05, 0.1) is 22.9 Å². The standard InChI is InChI=1S/C15H14ClF2N3O3S/c1-9-8-20(4-5-25(9,23)24)13-7-19-21(15(22)14(13)16)12-3-2-10(17)6-11(12)18/h2-3,6-7,9H,4-5,8H2,1H3. The topological polar surface area (TPSA) is 72.3 Å². The highest BCUT2D eigenvalue weighted by Crippen LogP contribution is 2.25. The molecule has 3 rings (SSSR count). The second-order valence-electron chi connectivity index (χ2n) is 5.78. The van der Waals surface area contributed by atoms with Crippen molar-refractivity contribution in [3.8, 4) is 5.69 Å². The van der Waals surface area contributed by atoms with Crippen molar-refractivity contribution in [3.63, 3.8) is 0 Å². The van der Waals surface area contributed by atoms with E-state index < -0.39 is 32.3 Å². The highest BCUT2D eigenvalue weighted by Gasteiger charge is 2.31. The van der Waals surface area contributed by atoms with Gasteiger partial charge in [0.25, 0.3) is 5.56 Å². The van der Waals surface area contributed by atoms with Crippen LogP contribution in [0.2, 0.25) is 5.02 Å². The summed E-state index contributed by atoms with van der Waals surface area (Å²) < 4.78 is 51.2. The highest BCUT2D eigenvalue weighted by atomic mass is 35.5. The van der Waals surface area contributed by atoms with E-state index >= 15 is 0 Å². The van der Waals surface area contributed by atoms with E-state index in [4.69, 9.17) is 11.6 Å². The van der Waals surface area contributed by atoms with Crippen molar-refractivity contribution in [3.05, 3.63) is 51.4 Å². The Kier molecular flexibility index (Phi) is 4.54. The van der Waals surface area contributed by atoms with Crippen LogP contribution >= 0.6 is 11.6 Å². The maximum Gasteiger partial charge on any atom is 0.292 e. The molecule has 2 heterocycles. The summed E-state index contributed by atoms with van der Waals surface area (Å²) in [5, 5.41) is 3.10. The number of aromatic nitrogens is 2. The van der Waals surface area contributed by atoms with E-state index in [-0.39, 0.29) is 35.2 Å². The van der Waals surface area contributed by atoms with Gasteiger partial charge in [-0.15, -0.1) is 0 Å². The van der Waals surface area contributed by atoms with Crippen molar-refractivity contribution in [2.75, 3.05) is 23.7 Å². The second-order valence-corrected chi connectivity index (χ2v) is 8.70. The van der Waals surface area contributed by atoms with Gasteiger partial charge in [0, 0.05) is 19.2 Å². The molecule has 1 atom stereocenters. The monoisotopic (exact) mass is 389 g/mol. The Hall–Kier alpha value is -2.00.